The van der Waals surface area contributed by atoms with E-state index in [2.05, 4.69) is 42.5 Å². The Kier molecular flexibility index (Phi) is 21.0. The van der Waals surface area contributed by atoms with E-state index in [-0.39, 0.29) is 29.0 Å². The minimum absolute atomic E-state index is 0.0275. The summed E-state index contributed by atoms with van der Waals surface area (Å²) in [5, 5.41) is 20.7. The van der Waals surface area contributed by atoms with Gasteiger partial charge in [-0.3, -0.25) is 40.9 Å². The van der Waals surface area contributed by atoms with Crippen LogP contribution in [0.1, 0.15) is 168 Å². The molecule has 0 aliphatic heterocycles. The molecule has 2 aromatic carbocycles. The van der Waals surface area contributed by atoms with Gasteiger partial charge < -0.3 is 10.2 Å². The van der Waals surface area contributed by atoms with E-state index in [4.69, 9.17) is 0 Å². The number of carbonyl (C=O) groups is 4. The van der Waals surface area contributed by atoms with E-state index in [1.165, 1.54) is 31.4 Å². The number of hydrogen-bond donors (Lipinski definition) is 6. The first-order chi connectivity index (χ1) is 24.2. The van der Waals surface area contributed by atoms with Crippen LogP contribution >= 0.6 is 0 Å². The largest absolute Gasteiger partial charge is 0.507 e. The molecule has 6 N–H and O–H groups in total. The van der Waals surface area contributed by atoms with Gasteiger partial charge >= 0.3 is 0 Å². The van der Waals surface area contributed by atoms with Crippen molar-refractivity contribution in [2.24, 2.45) is 5.92 Å². The molecule has 10 heteroatoms. The highest BCUT2D eigenvalue weighted by atomic mass is 16.3. The van der Waals surface area contributed by atoms with Gasteiger partial charge in [0.25, 0.3) is 23.6 Å². The van der Waals surface area contributed by atoms with Crippen LogP contribution in [0.3, 0.4) is 0 Å². The molecule has 10 nitrogen and oxygen atoms in total. The zero-order valence-corrected chi connectivity index (χ0v) is 30.7. The van der Waals surface area contributed by atoms with E-state index >= 15 is 0 Å². The summed E-state index contributed by atoms with van der Waals surface area (Å²) in [5.74, 6) is -4.52. The van der Waals surface area contributed by atoms with Crippen molar-refractivity contribution in [2.45, 2.75) is 149 Å². The number of phenols is 2. The number of aromatic hydroxyl groups is 2. The first-order valence-electron chi connectivity index (χ1n) is 19.1. The Morgan fingerprint density at radius 1 is 0.500 bits per heavy atom. The molecular formula is C40H62N4O6. The molecule has 2 rings (SSSR count). The van der Waals surface area contributed by atoms with Crippen molar-refractivity contribution in [2.75, 3.05) is 0 Å². The fraction of sp³-hybridized carbons (Fsp3) is 0.600. The Morgan fingerprint density at radius 2 is 0.860 bits per heavy atom. The molecule has 0 radical (unpaired) electrons. The number of carbonyl (C=O) groups excluding carboxylic acids is 4. The summed E-state index contributed by atoms with van der Waals surface area (Å²) >= 11 is 0. The maximum Gasteiger partial charge on any atom is 0.273 e. The fourth-order valence-electron chi connectivity index (χ4n) is 5.94. The molecule has 0 aliphatic rings. The SMILES string of the molecule is CCCCCCCCCC(C(=O)NNC(=O)c1cc(CCCCCCC)ccc1O)C(=O)NNC(=O)c1cc(CCCCCCC)ccc1O. The van der Waals surface area contributed by atoms with Crippen LogP contribution in [0.4, 0.5) is 0 Å². The molecule has 0 saturated carbocycles. The number of hydrazine groups is 2. The molecule has 278 valence electrons. The Morgan fingerprint density at radius 3 is 1.26 bits per heavy atom. The van der Waals surface area contributed by atoms with Gasteiger partial charge in [0, 0.05) is 0 Å². The molecule has 2 aromatic rings. The summed E-state index contributed by atoms with van der Waals surface area (Å²) in [6.07, 6.45) is 19.8. The summed E-state index contributed by atoms with van der Waals surface area (Å²) in [7, 11) is 0. The van der Waals surface area contributed by atoms with Crippen molar-refractivity contribution in [3.8, 4) is 11.5 Å². The van der Waals surface area contributed by atoms with Crippen molar-refractivity contribution in [3.05, 3.63) is 58.7 Å². The average Bonchev–Trinajstić information content (AvgIpc) is 3.11. The van der Waals surface area contributed by atoms with Crippen LogP contribution in [0.5, 0.6) is 11.5 Å². The van der Waals surface area contributed by atoms with Gasteiger partial charge in [-0.1, -0.05) is 129 Å². The summed E-state index contributed by atoms with van der Waals surface area (Å²) in [6.45, 7) is 6.48. The van der Waals surface area contributed by atoms with E-state index in [0.717, 1.165) is 107 Å². The van der Waals surface area contributed by atoms with Crippen LogP contribution in [0.15, 0.2) is 36.4 Å². The Hall–Kier alpha value is -4.08. The molecule has 0 aliphatic carbocycles. The molecule has 0 spiro atoms. The second kappa shape index (κ2) is 25.0. The zero-order chi connectivity index (χ0) is 36.6. The Balaban J connectivity index is 2.03. The van der Waals surface area contributed by atoms with Crippen molar-refractivity contribution in [1.29, 1.82) is 0 Å². The predicted molar refractivity (Wildman–Crippen MR) is 198 cm³/mol. The maximum atomic E-state index is 13.3. The number of amides is 4. The summed E-state index contributed by atoms with van der Waals surface area (Å²) in [4.78, 5) is 52.5. The highest BCUT2D eigenvalue weighted by molar-refractivity contribution is 6.04. The van der Waals surface area contributed by atoms with Crippen LogP contribution in [-0.4, -0.2) is 33.8 Å². The van der Waals surface area contributed by atoms with Crippen molar-refractivity contribution >= 4 is 23.6 Å². The highest BCUT2D eigenvalue weighted by Gasteiger charge is 2.28. The molecule has 0 fully saturated rings. The monoisotopic (exact) mass is 694 g/mol. The van der Waals surface area contributed by atoms with Gasteiger partial charge in [-0.15, -0.1) is 0 Å². The van der Waals surface area contributed by atoms with E-state index in [9.17, 15) is 29.4 Å². The topological polar surface area (TPSA) is 157 Å². The Labute approximate surface area is 299 Å². The van der Waals surface area contributed by atoms with Crippen molar-refractivity contribution in [3.63, 3.8) is 0 Å². The summed E-state index contributed by atoms with van der Waals surface area (Å²) < 4.78 is 0. The minimum Gasteiger partial charge on any atom is -0.507 e. The third-order valence-corrected chi connectivity index (χ3v) is 9.08. The molecule has 4 amide bonds. The molecular weight excluding hydrogens is 632 g/mol. The lowest BCUT2D eigenvalue weighted by Crippen LogP contribution is -2.51. The first kappa shape index (κ1) is 42.1. The molecule has 0 unspecified atom stereocenters. The lowest BCUT2D eigenvalue weighted by molar-refractivity contribution is -0.136. The molecule has 0 atom stereocenters. The average molecular weight is 695 g/mol. The standard InChI is InChI=1S/C40H62N4O6/c1-4-7-10-13-14-17-20-23-32(37(47)41-43-39(49)33-28-30(24-26-35(33)45)21-18-15-11-8-5-2)38(48)42-44-40(50)34-29-31(25-27-36(34)46)22-19-16-12-9-6-3/h24-29,32,45-46H,4-23H2,1-3H3,(H,41,47)(H,42,48)(H,43,49)(H,44,50). The quantitative estimate of drug-likeness (QED) is 0.0370. The van der Waals surface area contributed by atoms with E-state index < -0.39 is 29.5 Å². The second-order valence-electron chi connectivity index (χ2n) is 13.4. The van der Waals surface area contributed by atoms with Gasteiger partial charge in [0.05, 0.1) is 11.1 Å². The Bertz CT molecular complexity index is 1240. The zero-order valence-electron chi connectivity index (χ0n) is 30.7. The van der Waals surface area contributed by atoms with Crippen molar-refractivity contribution < 1.29 is 29.4 Å². The highest BCUT2D eigenvalue weighted by Crippen LogP contribution is 2.22. The van der Waals surface area contributed by atoms with Gasteiger partial charge in [0.2, 0.25) is 0 Å². The predicted octanol–water partition coefficient (Wildman–Crippen LogP) is 8.10. The van der Waals surface area contributed by atoms with Gasteiger partial charge in [-0.2, -0.15) is 0 Å². The number of hydrogen-bond acceptors (Lipinski definition) is 6. The first-order valence-corrected chi connectivity index (χ1v) is 19.1. The lowest BCUT2D eigenvalue weighted by atomic mass is 9.98. The van der Waals surface area contributed by atoms with Crippen molar-refractivity contribution in [1.82, 2.24) is 21.7 Å². The number of phenolic OH excluding ortho intramolecular Hbond substituents is 2. The van der Waals surface area contributed by atoms with Gasteiger partial charge in [-0.05, 0) is 67.5 Å². The third kappa shape index (κ3) is 16.1. The number of aryl methyl sites for hydroxylation is 2. The van der Waals surface area contributed by atoms with E-state index in [0.29, 0.717) is 6.42 Å². The van der Waals surface area contributed by atoms with Gasteiger partial charge in [0.15, 0.2) is 0 Å². The van der Waals surface area contributed by atoms with E-state index in [1.54, 1.807) is 24.3 Å². The molecule has 0 heterocycles. The number of unbranched alkanes of at least 4 members (excludes halogenated alkanes) is 14. The van der Waals surface area contributed by atoms with Crippen LogP contribution in [0.25, 0.3) is 0 Å². The van der Waals surface area contributed by atoms with Gasteiger partial charge in [-0.25, -0.2) is 0 Å². The lowest BCUT2D eigenvalue weighted by Gasteiger charge is -2.18. The second-order valence-corrected chi connectivity index (χ2v) is 13.4. The number of nitrogens with one attached hydrogen (secondary N) is 4. The molecule has 50 heavy (non-hydrogen) atoms. The molecule has 0 saturated heterocycles. The van der Waals surface area contributed by atoms with Crippen LogP contribution in [-0.2, 0) is 22.4 Å². The van der Waals surface area contributed by atoms with Crippen LogP contribution < -0.4 is 21.7 Å². The smallest absolute Gasteiger partial charge is 0.273 e. The molecule has 0 aromatic heterocycles. The summed E-state index contributed by atoms with van der Waals surface area (Å²) in [5.41, 5.74) is 11.3. The minimum atomic E-state index is -1.21. The maximum absolute atomic E-state index is 13.3. The molecule has 0 bridgehead atoms. The van der Waals surface area contributed by atoms with Gasteiger partial charge in [0.1, 0.15) is 17.4 Å². The normalized spacial score (nSPS) is 11.0. The number of rotatable bonds is 24. The third-order valence-electron chi connectivity index (χ3n) is 9.08. The summed E-state index contributed by atoms with van der Waals surface area (Å²) in [6, 6.07) is 9.74. The van der Waals surface area contributed by atoms with Crippen LogP contribution in [0, 0.1) is 5.92 Å². The fourth-order valence-corrected chi connectivity index (χ4v) is 5.94. The number of benzene rings is 2. The van der Waals surface area contributed by atoms with Crippen LogP contribution in [0.2, 0.25) is 0 Å². The van der Waals surface area contributed by atoms with E-state index in [1.807, 2.05) is 0 Å².